The highest BCUT2D eigenvalue weighted by Gasteiger charge is 2.43. The maximum absolute atomic E-state index is 13.1. The van der Waals surface area contributed by atoms with Gasteiger partial charge in [0.2, 0.25) is 17.8 Å². The molecule has 3 aliphatic heterocycles. The summed E-state index contributed by atoms with van der Waals surface area (Å²) in [6.45, 7) is 3.85. The normalized spacial score (nSPS) is 18.6. The average molecular weight is 817 g/mol. The van der Waals surface area contributed by atoms with Crippen LogP contribution in [0.15, 0.2) is 68.5 Å². The number of aromatic nitrogens is 4. The third kappa shape index (κ3) is 6.54. The predicted octanol–water partition coefficient (Wildman–Crippen LogP) is 4.36. The Morgan fingerprint density at radius 2 is 1.63 bits per heavy atom. The summed E-state index contributed by atoms with van der Waals surface area (Å²) in [5.41, 5.74) is 1.25. The van der Waals surface area contributed by atoms with Crippen LogP contribution in [0.5, 0.6) is 5.75 Å². The van der Waals surface area contributed by atoms with E-state index in [4.69, 9.17) is 42.5 Å². The molecule has 1 fully saturated rings. The molecule has 0 saturated carbocycles. The quantitative estimate of drug-likeness (QED) is 0.0985. The van der Waals surface area contributed by atoms with Crippen LogP contribution in [-0.2, 0) is 25.0 Å². The van der Waals surface area contributed by atoms with Gasteiger partial charge in [0.1, 0.15) is 31.8 Å². The van der Waals surface area contributed by atoms with Gasteiger partial charge in [-0.1, -0.05) is 47.0 Å². The SMILES string of the molecule is Cc1ccc(Nc2nc(NC3=C(S(=O)(=O)O)C4Oc5c(c(Cl)c6oc7c(S(=O)(=O)O)c(=N)ccc-7nc6c5Cl)NC4C=C3)nc(N3CCOCC3)n2)cc1. The van der Waals surface area contributed by atoms with Gasteiger partial charge in [-0.25, -0.2) is 4.98 Å². The number of halogens is 2. The topological polar surface area (TPSA) is 255 Å². The molecule has 2 unspecified atom stereocenters. The highest BCUT2D eigenvalue weighted by molar-refractivity contribution is 7.90. The summed E-state index contributed by atoms with van der Waals surface area (Å²) in [6, 6.07) is 8.95. The Kier molecular flexibility index (Phi) is 8.87. The Hall–Kier alpha value is -5.09. The Labute approximate surface area is 316 Å². The molecule has 0 bridgehead atoms. The van der Waals surface area contributed by atoms with Gasteiger partial charge in [-0.2, -0.15) is 31.8 Å². The fourth-order valence-corrected chi connectivity index (χ4v) is 8.33. The fourth-order valence-electron chi connectivity index (χ4n) is 6.18. The maximum Gasteiger partial charge on any atom is 0.300 e. The van der Waals surface area contributed by atoms with Crippen LogP contribution in [0.25, 0.3) is 22.6 Å². The number of morpholine rings is 1. The lowest BCUT2D eigenvalue weighted by Crippen LogP contribution is -2.46. The second-order valence-electron chi connectivity index (χ2n) is 12.3. The van der Waals surface area contributed by atoms with Crippen LogP contribution in [0.3, 0.4) is 0 Å². The van der Waals surface area contributed by atoms with Crippen LogP contribution in [0, 0.1) is 12.3 Å². The van der Waals surface area contributed by atoms with E-state index in [1.807, 2.05) is 36.1 Å². The molecule has 2 aromatic carbocycles. The van der Waals surface area contributed by atoms with Crippen molar-refractivity contribution in [3.05, 3.63) is 80.1 Å². The van der Waals surface area contributed by atoms with Crippen LogP contribution in [-0.4, -0.2) is 84.3 Å². The lowest BCUT2D eigenvalue weighted by Gasteiger charge is -2.37. The van der Waals surface area contributed by atoms with Crippen molar-refractivity contribution >= 4 is 83.8 Å². The number of nitrogens with zero attached hydrogens (tertiary/aromatic N) is 5. The van der Waals surface area contributed by atoms with Gasteiger partial charge in [0.25, 0.3) is 20.2 Å². The number of hydrogen-bond donors (Lipinski definition) is 6. The molecular formula is C32H27Cl2N9O9S2. The first-order valence-corrected chi connectivity index (χ1v) is 19.6. The van der Waals surface area contributed by atoms with E-state index in [0.29, 0.717) is 37.9 Å². The molecule has 2 aliphatic carbocycles. The monoisotopic (exact) mass is 815 g/mol. The zero-order chi connectivity index (χ0) is 38.1. The molecule has 6 N–H and O–H groups in total. The van der Waals surface area contributed by atoms with E-state index in [1.54, 1.807) is 6.08 Å². The van der Waals surface area contributed by atoms with Crippen LogP contribution in [0.1, 0.15) is 5.56 Å². The molecule has 5 aliphatic rings. The largest absolute Gasteiger partial charge is 0.478 e. The standard InChI is InChI=1S/C32H27Cl2N9O9S2/c1-14-2-4-15(5-3-14)36-30-40-31(42-32(41-30)43-10-12-50-13-11-43)39-19-9-8-18-25(29(19)54(47,48)49)52-27-21(34)22-26(20(33)23(27)38-18)51-24-17(37-22)7-6-16(35)28(24)53(44,45)46/h2-9,18,25,35,38H,10-13H2,1H3,(H,44,45,46)(H,47,48,49)(H2,36,39,40,41,42). The van der Waals surface area contributed by atoms with E-state index in [2.05, 4.69) is 35.9 Å². The Morgan fingerprint density at radius 1 is 0.926 bits per heavy atom. The first kappa shape index (κ1) is 35.9. The number of rotatable bonds is 7. The highest BCUT2D eigenvalue weighted by Crippen LogP contribution is 2.50. The summed E-state index contributed by atoms with van der Waals surface area (Å²) in [4.78, 5) is 18.5. The lowest BCUT2D eigenvalue weighted by molar-refractivity contribution is 0.122. The van der Waals surface area contributed by atoms with E-state index < -0.39 is 53.3 Å². The number of benzene rings is 3. The number of nitrogens with one attached hydrogen (secondary N) is 4. The van der Waals surface area contributed by atoms with E-state index in [-0.39, 0.29) is 55.9 Å². The molecule has 54 heavy (non-hydrogen) atoms. The molecule has 4 heterocycles. The zero-order valence-electron chi connectivity index (χ0n) is 27.7. The van der Waals surface area contributed by atoms with Crippen molar-refractivity contribution in [3.63, 3.8) is 0 Å². The summed E-state index contributed by atoms with van der Waals surface area (Å²) in [5.74, 6) is -0.185. The average Bonchev–Trinajstić information content (AvgIpc) is 3.12. The molecule has 2 atom stereocenters. The fraction of sp³-hybridized carbons (Fsp3) is 0.219. The first-order valence-electron chi connectivity index (χ1n) is 16.0. The van der Waals surface area contributed by atoms with Crippen LogP contribution in [0.4, 0.5) is 29.2 Å². The second kappa shape index (κ2) is 13.3. The van der Waals surface area contributed by atoms with Gasteiger partial charge in [-0.05, 0) is 37.3 Å². The molecule has 1 saturated heterocycles. The van der Waals surface area contributed by atoms with E-state index in [9.17, 15) is 25.9 Å². The maximum atomic E-state index is 13.1. The molecule has 22 heteroatoms. The van der Waals surface area contributed by atoms with Gasteiger partial charge >= 0.3 is 0 Å². The molecular weight excluding hydrogens is 789 g/mol. The second-order valence-corrected chi connectivity index (χ2v) is 15.8. The Balaban J connectivity index is 1.21. The molecule has 3 aromatic rings. The number of fused-ring (bicyclic) bond motifs is 4. The van der Waals surface area contributed by atoms with Gasteiger partial charge in [-0.15, -0.1) is 0 Å². The summed E-state index contributed by atoms with van der Waals surface area (Å²) in [5, 5.41) is 16.2. The number of ether oxygens (including phenoxy) is 2. The molecule has 0 radical (unpaired) electrons. The van der Waals surface area contributed by atoms with E-state index in [0.717, 1.165) is 11.6 Å². The summed E-state index contributed by atoms with van der Waals surface area (Å²) in [6.07, 6.45) is 1.51. The van der Waals surface area contributed by atoms with Crippen LogP contribution >= 0.6 is 23.2 Å². The minimum atomic E-state index is -5.00. The smallest absolute Gasteiger partial charge is 0.300 e. The Bertz CT molecular complexity index is 2690. The van der Waals surface area contributed by atoms with Crippen molar-refractivity contribution in [2.45, 2.75) is 24.0 Å². The zero-order valence-corrected chi connectivity index (χ0v) is 30.8. The van der Waals surface area contributed by atoms with Gasteiger partial charge in [-0.3, -0.25) is 14.5 Å². The van der Waals surface area contributed by atoms with Gasteiger partial charge in [0, 0.05) is 18.8 Å². The molecule has 1 aromatic heterocycles. The lowest BCUT2D eigenvalue weighted by atomic mass is 10.00. The number of anilines is 5. The number of hydrogen-bond acceptors (Lipinski definition) is 16. The van der Waals surface area contributed by atoms with Crippen molar-refractivity contribution in [1.29, 1.82) is 5.41 Å². The summed E-state index contributed by atoms with van der Waals surface area (Å²) < 4.78 is 88.4. The third-order valence-electron chi connectivity index (χ3n) is 8.68. The van der Waals surface area contributed by atoms with Crippen LogP contribution < -0.4 is 30.9 Å². The van der Waals surface area contributed by atoms with E-state index in [1.165, 1.54) is 12.1 Å². The van der Waals surface area contributed by atoms with Crippen molar-refractivity contribution < 1.29 is 39.8 Å². The van der Waals surface area contributed by atoms with Gasteiger partial charge in [0.15, 0.2) is 28.1 Å². The molecule has 280 valence electrons. The molecule has 8 rings (SSSR count). The molecule has 0 amide bonds. The number of allylic oxidation sites excluding steroid dienone is 1. The minimum absolute atomic E-state index is 0.0333. The van der Waals surface area contributed by atoms with Crippen molar-refractivity contribution in [1.82, 2.24) is 19.9 Å². The Morgan fingerprint density at radius 3 is 2.31 bits per heavy atom. The summed E-state index contributed by atoms with van der Waals surface area (Å²) >= 11 is 13.5. The van der Waals surface area contributed by atoms with Crippen molar-refractivity contribution in [3.8, 4) is 17.2 Å². The number of aryl methyl sites for hydroxylation is 1. The predicted molar refractivity (Wildman–Crippen MR) is 197 cm³/mol. The minimum Gasteiger partial charge on any atom is -0.478 e. The van der Waals surface area contributed by atoms with Crippen molar-refractivity contribution in [2.75, 3.05) is 47.2 Å². The van der Waals surface area contributed by atoms with Crippen molar-refractivity contribution in [2.24, 2.45) is 0 Å². The highest BCUT2D eigenvalue weighted by atomic mass is 35.5. The van der Waals surface area contributed by atoms with Crippen LogP contribution in [0.2, 0.25) is 10.0 Å². The summed E-state index contributed by atoms with van der Waals surface area (Å²) in [7, 11) is -9.92. The third-order valence-corrected chi connectivity index (χ3v) is 11.3. The van der Waals surface area contributed by atoms with E-state index >= 15 is 0 Å². The first-order chi connectivity index (χ1) is 25.7. The molecule has 18 nitrogen and oxygen atoms in total. The van der Waals surface area contributed by atoms with Gasteiger partial charge < -0.3 is 34.7 Å². The van der Waals surface area contributed by atoms with Gasteiger partial charge in [0.05, 0.1) is 30.3 Å². The molecule has 0 spiro atoms.